The summed E-state index contributed by atoms with van der Waals surface area (Å²) in [5.74, 6) is -4.86. The summed E-state index contributed by atoms with van der Waals surface area (Å²) in [7, 11) is 6.91. The number of carbonyl (C=O) groups is 5. The van der Waals surface area contributed by atoms with Crippen LogP contribution in [0.25, 0.3) is 0 Å². The molecule has 19 atom stereocenters. The molecule has 1 aromatic rings. The second-order valence-corrected chi connectivity index (χ2v) is 21.9. The van der Waals surface area contributed by atoms with E-state index in [0.717, 1.165) is 67.3 Å². The van der Waals surface area contributed by atoms with E-state index in [0.29, 0.717) is 12.3 Å². The number of unbranched alkanes of at least 4 members (excludes halogenated alkanes) is 7. The van der Waals surface area contributed by atoms with Gasteiger partial charge in [-0.1, -0.05) is 72.1 Å². The molecule has 5 heterocycles. The third kappa shape index (κ3) is 17.3. The molecule has 4 saturated heterocycles. The molecule has 0 aliphatic carbocycles. The van der Waals surface area contributed by atoms with Crippen LogP contribution < -0.4 is 11.2 Å². The van der Waals surface area contributed by atoms with Gasteiger partial charge in [0.2, 0.25) is 12.2 Å². The van der Waals surface area contributed by atoms with Crippen LogP contribution in [0.4, 0.5) is 0 Å². The number of methoxy groups -OCH3 is 3. The lowest BCUT2D eigenvalue weighted by Gasteiger charge is -2.43. The number of aromatic nitrogens is 2. The van der Waals surface area contributed by atoms with Gasteiger partial charge in [0.1, 0.15) is 73.2 Å². The van der Waals surface area contributed by atoms with Gasteiger partial charge in [-0.2, -0.15) is 0 Å². The van der Waals surface area contributed by atoms with Crippen LogP contribution in [-0.4, -0.2) is 221 Å². The fourth-order valence-electron chi connectivity index (χ4n) is 10.9. The second kappa shape index (κ2) is 30.6. The Kier molecular flexibility index (Phi) is 25.3. The van der Waals surface area contributed by atoms with Crippen molar-refractivity contribution in [2.24, 2.45) is 11.8 Å². The van der Waals surface area contributed by atoms with Gasteiger partial charge in [0.05, 0.1) is 18.6 Å². The molecule has 19 unspecified atom stereocenters. The number of aliphatic hydroxyl groups is 4. The number of ether oxygens (including phenoxy) is 10. The number of carbonyl (C=O) groups excluding carboxylic acids is 4. The van der Waals surface area contributed by atoms with Gasteiger partial charge in [0, 0.05) is 60.0 Å². The molecule has 26 nitrogen and oxygen atoms in total. The highest BCUT2D eigenvalue weighted by Gasteiger charge is 2.57. The Bertz CT molecular complexity index is 2250. The molecule has 1 aromatic heterocycles. The number of esters is 3. The SMILES string of the molecule is COC1C(C)OC(OC(=O)CC(C)CC(=O)OC(CCCCCCCCCCC(C)C)CC(=O)OC2CN(C)C(C(OC3OC(C)C(O)C3O)C3OC(n4ccc(=O)[nH]c4=O)C(O)C3O)C(=O)N(C)C2C(=O)O)C(OC)C1OC. The zero-order chi connectivity index (χ0) is 58.4. The van der Waals surface area contributed by atoms with Gasteiger partial charge in [-0.05, 0) is 45.6 Å². The first kappa shape index (κ1) is 65.4. The highest BCUT2D eigenvalue weighted by atomic mass is 16.7. The van der Waals surface area contributed by atoms with Gasteiger partial charge in [0.25, 0.3) is 5.56 Å². The van der Waals surface area contributed by atoms with E-state index in [1.807, 2.05) is 4.98 Å². The van der Waals surface area contributed by atoms with E-state index in [2.05, 4.69) is 13.8 Å². The molecule has 1 amide bonds. The van der Waals surface area contributed by atoms with Crippen LogP contribution in [0.5, 0.6) is 0 Å². The van der Waals surface area contributed by atoms with E-state index in [-0.39, 0.29) is 19.3 Å². The van der Waals surface area contributed by atoms with E-state index in [4.69, 9.17) is 47.4 Å². The highest BCUT2D eigenvalue weighted by Crippen LogP contribution is 2.37. The lowest BCUT2D eigenvalue weighted by Crippen LogP contribution is -2.59. The Morgan fingerprint density at radius 2 is 1.28 bits per heavy atom. The molecule has 0 radical (unpaired) electrons. The minimum absolute atomic E-state index is 0.211. The van der Waals surface area contributed by atoms with E-state index in [1.165, 1.54) is 53.0 Å². The maximum Gasteiger partial charge on any atom is 0.330 e. The van der Waals surface area contributed by atoms with Crippen molar-refractivity contribution < 1.29 is 96.9 Å². The first-order valence-corrected chi connectivity index (χ1v) is 27.4. The molecule has 4 aliphatic rings. The average molecular weight is 1130 g/mol. The Balaban J connectivity index is 1.32. The number of carboxylic acids is 1. The number of aromatic amines is 1. The number of hydrogen-bond donors (Lipinski definition) is 6. The first-order valence-electron chi connectivity index (χ1n) is 27.4. The predicted molar refractivity (Wildman–Crippen MR) is 276 cm³/mol. The fraction of sp³-hybridized carbons (Fsp3) is 0.830. The van der Waals surface area contributed by atoms with E-state index in [1.54, 1.807) is 13.8 Å². The number of rotatable bonds is 29. The predicted octanol–water partition coefficient (Wildman–Crippen LogP) is 0.753. The Labute approximate surface area is 460 Å². The summed E-state index contributed by atoms with van der Waals surface area (Å²) in [5, 5.41) is 55.0. The van der Waals surface area contributed by atoms with Crippen molar-refractivity contribution in [3.05, 3.63) is 33.1 Å². The quantitative estimate of drug-likeness (QED) is 0.0366. The van der Waals surface area contributed by atoms with Gasteiger partial charge >= 0.3 is 29.6 Å². The Morgan fingerprint density at radius 1 is 0.696 bits per heavy atom. The number of carboxylic acid groups (broad SMARTS) is 1. The molecule has 0 spiro atoms. The molecule has 450 valence electrons. The van der Waals surface area contributed by atoms with Crippen molar-refractivity contribution in [3.8, 4) is 0 Å². The van der Waals surface area contributed by atoms with Crippen LogP contribution in [0, 0.1) is 11.8 Å². The third-order valence-electron chi connectivity index (χ3n) is 15.2. The van der Waals surface area contributed by atoms with Crippen LogP contribution in [0.2, 0.25) is 0 Å². The Hall–Kier alpha value is -4.45. The molecule has 26 heteroatoms. The standard InChI is InChI=1S/C53H86N4O22/c1-27(2)19-17-15-13-11-12-14-16-18-20-31(75-34(59)23-28(3)24-35(60)77-52-47(72-10)46(71-9)43(70-8)30(5)74-52)25-36(61)76-32-26-55(6)38(48(66)56(7)37(32)50(67)68)44(79-51-42(65)39(62)29(4)73-51)45-40(63)41(64)49(78-45)57-22-21-33(58)54-53(57)69/h21-22,27-32,37-47,49,51-52,62-65H,11-20,23-26H2,1-10H3,(H,67,68)(H,54,58,69). The monoisotopic (exact) mass is 1130 g/mol. The average Bonchev–Trinajstić information content (AvgIpc) is 3.87. The van der Waals surface area contributed by atoms with Gasteiger partial charge in [-0.15, -0.1) is 0 Å². The molecule has 0 bridgehead atoms. The van der Waals surface area contributed by atoms with Gasteiger partial charge < -0.3 is 77.8 Å². The zero-order valence-electron chi connectivity index (χ0n) is 47.1. The van der Waals surface area contributed by atoms with Crippen molar-refractivity contribution in [2.45, 2.75) is 228 Å². The normalized spacial score (nSPS) is 32.6. The summed E-state index contributed by atoms with van der Waals surface area (Å²) >= 11 is 0. The van der Waals surface area contributed by atoms with E-state index < -0.39 is 170 Å². The van der Waals surface area contributed by atoms with Crippen molar-refractivity contribution in [3.63, 3.8) is 0 Å². The van der Waals surface area contributed by atoms with Gasteiger partial charge in [-0.25, -0.2) is 9.59 Å². The van der Waals surface area contributed by atoms with Crippen molar-refractivity contribution in [1.29, 1.82) is 0 Å². The molecule has 0 saturated carbocycles. The summed E-state index contributed by atoms with van der Waals surface area (Å²) in [5.41, 5.74) is -1.78. The molecule has 79 heavy (non-hydrogen) atoms. The minimum atomic E-state index is -1.94. The van der Waals surface area contributed by atoms with E-state index >= 15 is 0 Å². The van der Waals surface area contributed by atoms with Crippen LogP contribution in [0.3, 0.4) is 0 Å². The summed E-state index contributed by atoms with van der Waals surface area (Å²) < 4.78 is 58.7. The largest absolute Gasteiger partial charge is 0.480 e. The number of hydrogen-bond acceptors (Lipinski definition) is 22. The molecular formula is C53H86N4O22. The topological polar surface area (TPSA) is 340 Å². The molecule has 4 fully saturated rings. The Morgan fingerprint density at radius 3 is 1.85 bits per heavy atom. The second-order valence-electron chi connectivity index (χ2n) is 21.9. The number of nitrogens with zero attached hydrogens (tertiary/aromatic N) is 3. The summed E-state index contributed by atoms with van der Waals surface area (Å²) in [6.45, 7) is 8.76. The maximum absolute atomic E-state index is 14.7. The van der Waals surface area contributed by atoms with Crippen LogP contribution in [-0.2, 0) is 71.3 Å². The molecule has 4 aliphatic heterocycles. The lowest BCUT2D eigenvalue weighted by atomic mass is 9.97. The number of aliphatic hydroxyl groups excluding tert-OH is 4. The lowest BCUT2D eigenvalue weighted by molar-refractivity contribution is -0.297. The van der Waals surface area contributed by atoms with Crippen LogP contribution in [0.15, 0.2) is 21.9 Å². The summed E-state index contributed by atoms with van der Waals surface area (Å²) in [6.07, 6.45) is -11.9. The van der Waals surface area contributed by atoms with Crippen LogP contribution >= 0.6 is 0 Å². The number of likely N-dealkylation sites (N-methyl/N-ethyl adjacent to an activating group) is 2. The number of aliphatic carboxylic acids is 1. The van der Waals surface area contributed by atoms with Crippen molar-refractivity contribution in [2.75, 3.05) is 42.0 Å². The van der Waals surface area contributed by atoms with E-state index in [9.17, 15) is 59.1 Å². The van der Waals surface area contributed by atoms with Crippen LogP contribution in [0.1, 0.15) is 124 Å². The molecule has 6 N–H and O–H groups in total. The molecular weight excluding hydrogens is 1040 g/mol. The minimum Gasteiger partial charge on any atom is -0.480 e. The van der Waals surface area contributed by atoms with Crippen molar-refractivity contribution >= 4 is 29.8 Å². The zero-order valence-corrected chi connectivity index (χ0v) is 47.1. The molecule has 0 aromatic carbocycles. The van der Waals surface area contributed by atoms with Gasteiger partial charge in [0.15, 0.2) is 18.6 Å². The fourth-order valence-corrected chi connectivity index (χ4v) is 10.9. The smallest absolute Gasteiger partial charge is 0.330 e. The van der Waals surface area contributed by atoms with Gasteiger partial charge in [-0.3, -0.25) is 38.4 Å². The summed E-state index contributed by atoms with van der Waals surface area (Å²) in [4.78, 5) is 97.5. The molecule has 5 rings (SSSR count). The number of amides is 1. The number of nitrogens with one attached hydrogen (secondary N) is 1. The van der Waals surface area contributed by atoms with Crippen molar-refractivity contribution in [1.82, 2.24) is 19.4 Å². The summed E-state index contributed by atoms with van der Waals surface area (Å²) in [6, 6.07) is -2.55. The maximum atomic E-state index is 14.7. The number of H-pyrrole nitrogens is 1. The third-order valence-corrected chi connectivity index (χ3v) is 15.2. The highest BCUT2D eigenvalue weighted by molar-refractivity contribution is 5.88. The first-order chi connectivity index (χ1) is 37.4.